The molecule has 1 rings (SSSR count). The van der Waals surface area contributed by atoms with Crippen molar-refractivity contribution >= 4 is 11.6 Å². The van der Waals surface area contributed by atoms with Gasteiger partial charge in [0.1, 0.15) is 0 Å². The van der Waals surface area contributed by atoms with Gasteiger partial charge in [-0.1, -0.05) is 11.8 Å². The first-order valence-electron chi connectivity index (χ1n) is 3.86. The third kappa shape index (κ3) is 2.98. The number of aryl methyl sites for hydroxylation is 1. The standard InChI is InChI=1S/C9H11ClN2/c1-12-8-9(7-11-12)5-3-2-4-6-10/h7-8H,2,4,6H2,1H3. The molecule has 0 aliphatic carbocycles. The number of nitrogens with zero attached hydrogens (tertiary/aromatic N) is 2. The van der Waals surface area contributed by atoms with E-state index in [-0.39, 0.29) is 0 Å². The van der Waals surface area contributed by atoms with Crippen molar-refractivity contribution in [1.82, 2.24) is 9.78 Å². The van der Waals surface area contributed by atoms with Crippen molar-refractivity contribution in [2.75, 3.05) is 5.88 Å². The predicted molar refractivity (Wildman–Crippen MR) is 50.0 cm³/mol. The van der Waals surface area contributed by atoms with Crippen molar-refractivity contribution in [2.45, 2.75) is 12.8 Å². The van der Waals surface area contributed by atoms with E-state index < -0.39 is 0 Å². The summed E-state index contributed by atoms with van der Waals surface area (Å²) in [5.41, 5.74) is 0.965. The molecule has 0 aliphatic rings. The first-order chi connectivity index (χ1) is 5.83. The van der Waals surface area contributed by atoms with Crippen LogP contribution in [-0.4, -0.2) is 15.7 Å². The molecule has 0 spiro atoms. The number of hydrogen-bond donors (Lipinski definition) is 0. The fraction of sp³-hybridized carbons (Fsp3) is 0.444. The number of unbranched alkanes of at least 4 members (excludes halogenated alkanes) is 1. The van der Waals surface area contributed by atoms with Crippen molar-refractivity contribution < 1.29 is 0 Å². The van der Waals surface area contributed by atoms with Crippen molar-refractivity contribution in [3.05, 3.63) is 18.0 Å². The fourth-order valence-corrected chi connectivity index (χ4v) is 0.939. The molecular weight excluding hydrogens is 172 g/mol. The van der Waals surface area contributed by atoms with Gasteiger partial charge in [-0.25, -0.2) is 0 Å². The van der Waals surface area contributed by atoms with Crippen LogP contribution in [0.2, 0.25) is 0 Å². The molecule has 0 saturated carbocycles. The number of halogens is 1. The second-order valence-corrected chi connectivity index (χ2v) is 2.87. The Hall–Kier alpha value is -0.940. The molecule has 0 fully saturated rings. The average molecular weight is 183 g/mol. The summed E-state index contributed by atoms with van der Waals surface area (Å²) in [5, 5.41) is 4.00. The lowest BCUT2D eigenvalue weighted by Crippen LogP contribution is -1.83. The fourth-order valence-electron chi connectivity index (χ4n) is 0.806. The maximum absolute atomic E-state index is 5.50. The van der Waals surface area contributed by atoms with Gasteiger partial charge in [0.25, 0.3) is 0 Å². The average Bonchev–Trinajstić information content (AvgIpc) is 2.45. The minimum atomic E-state index is 0.682. The van der Waals surface area contributed by atoms with Crippen LogP contribution in [0.3, 0.4) is 0 Å². The molecule has 2 nitrogen and oxygen atoms in total. The van der Waals surface area contributed by atoms with Gasteiger partial charge in [0.15, 0.2) is 0 Å². The zero-order valence-corrected chi connectivity index (χ0v) is 7.80. The number of alkyl halides is 1. The third-order valence-electron chi connectivity index (χ3n) is 1.37. The van der Waals surface area contributed by atoms with E-state index in [2.05, 4.69) is 16.9 Å². The Morgan fingerprint density at radius 3 is 3.08 bits per heavy atom. The van der Waals surface area contributed by atoms with E-state index in [4.69, 9.17) is 11.6 Å². The molecule has 1 heterocycles. The van der Waals surface area contributed by atoms with E-state index in [0.29, 0.717) is 5.88 Å². The maximum atomic E-state index is 5.50. The third-order valence-corrected chi connectivity index (χ3v) is 1.64. The number of aromatic nitrogens is 2. The Bertz CT molecular complexity index is 293. The van der Waals surface area contributed by atoms with Crippen LogP contribution in [0.25, 0.3) is 0 Å². The van der Waals surface area contributed by atoms with Crippen molar-refractivity contribution in [3.8, 4) is 11.8 Å². The van der Waals surface area contributed by atoms with Crippen LogP contribution < -0.4 is 0 Å². The molecule has 0 aromatic carbocycles. The molecule has 0 atom stereocenters. The van der Waals surface area contributed by atoms with Crippen molar-refractivity contribution in [2.24, 2.45) is 7.05 Å². The molecule has 0 aliphatic heterocycles. The SMILES string of the molecule is Cn1cc(C#CCCCCl)cn1. The van der Waals surface area contributed by atoms with Gasteiger partial charge in [0, 0.05) is 25.5 Å². The minimum absolute atomic E-state index is 0.682. The molecule has 0 unspecified atom stereocenters. The highest BCUT2D eigenvalue weighted by atomic mass is 35.5. The van der Waals surface area contributed by atoms with E-state index in [9.17, 15) is 0 Å². The minimum Gasteiger partial charge on any atom is -0.275 e. The van der Waals surface area contributed by atoms with Gasteiger partial charge in [0.2, 0.25) is 0 Å². The van der Waals surface area contributed by atoms with Crippen LogP contribution in [0, 0.1) is 11.8 Å². The Labute approximate surface area is 77.5 Å². The zero-order valence-electron chi connectivity index (χ0n) is 7.05. The second kappa shape index (κ2) is 4.84. The van der Waals surface area contributed by atoms with Gasteiger partial charge in [-0.05, 0) is 6.42 Å². The maximum Gasteiger partial charge on any atom is 0.0646 e. The Balaban J connectivity index is 2.43. The first-order valence-corrected chi connectivity index (χ1v) is 4.40. The summed E-state index contributed by atoms with van der Waals surface area (Å²) in [6.45, 7) is 0. The summed E-state index contributed by atoms with van der Waals surface area (Å²) >= 11 is 5.50. The molecule has 1 aromatic rings. The molecular formula is C9H11ClN2. The van der Waals surface area contributed by atoms with E-state index in [1.54, 1.807) is 10.9 Å². The lowest BCUT2D eigenvalue weighted by molar-refractivity contribution is 0.767. The molecule has 12 heavy (non-hydrogen) atoms. The molecule has 0 amide bonds. The van der Waals surface area contributed by atoms with Gasteiger partial charge in [0.05, 0.1) is 11.8 Å². The highest BCUT2D eigenvalue weighted by Crippen LogP contribution is 1.94. The Kier molecular flexibility index (Phi) is 3.69. The Morgan fingerprint density at radius 1 is 1.67 bits per heavy atom. The van der Waals surface area contributed by atoms with Crippen LogP contribution in [0.15, 0.2) is 12.4 Å². The van der Waals surface area contributed by atoms with E-state index >= 15 is 0 Å². The largest absolute Gasteiger partial charge is 0.275 e. The quantitative estimate of drug-likeness (QED) is 0.388. The second-order valence-electron chi connectivity index (χ2n) is 2.50. The molecule has 0 N–H and O–H groups in total. The predicted octanol–water partition coefficient (Wildman–Crippen LogP) is 1.79. The summed E-state index contributed by atoms with van der Waals surface area (Å²) in [6, 6.07) is 0. The van der Waals surface area contributed by atoms with Gasteiger partial charge in [-0.2, -0.15) is 5.10 Å². The highest BCUT2D eigenvalue weighted by Gasteiger charge is 1.87. The van der Waals surface area contributed by atoms with E-state index in [1.807, 2.05) is 13.2 Å². The first kappa shape index (κ1) is 9.15. The van der Waals surface area contributed by atoms with Crippen LogP contribution in [0.4, 0.5) is 0 Å². The summed E-state index contributed by atoms with van der Waals surface area (Å²) < 4.78 is 1.74. The lowest BCUT2D eigenvalue weighted by Gasteiger charge is -1.82. The van der Waals surface area contributed by atoms with E-state index in [1.165, 1.54) is 0 Å². The number of rotatable bonds is 2. The monoisotopic (exact) mass is 182 g/mol. The van der Waals surface area contributed by atoms with Crippen LogP contribution in [0.1, 0.15) is 18.4 Å². The number of hydrogen-bond acceptors (Lipinski definition) is 1. The van der Waals surface area contributed by atoms with Gasteiger partial charge in [-0.3, -0.25) is 4.68 Å². The molecule has 64 valence electrons. The van der Waals surface area contributed by atoms with Gasteiger partial charge < -0.3 is 0 Å². The summed E-state index contributed by atoms with van der Waals surface area (Å²) in [4.78, 5) is 0. The van der Waals surface area contributed by atoms with Crippen LogP contribution in [0.5, 0.6) is 0 Å². The van der Waals surface area contributed by atoms with E-state index in [0.717, 1.165) is 18.4 Å². The lowest BCUT2D eigenvalue weighted by atomic mass is 10.3. The molecule has 1 aromatic heterocycles. The summed E-state index contributed by atoms with van der Waals surface area (Å²) in [5.74, 6) is 6.72. The van der Waals surface area contributed by atoms with Crippen molar-refractivity contribution in [1.29, 1.82) is 0 Å². The molecule has 0 radical (unpaired) electrons. The van der Waals surface area contributed by atoms with Gasteiger partial charge >= 0.3 is 0 Å². The highest BCUT2D eigenvalue weighted by molar-refractivity contribution is 6.17. The van der Waals surface area contributed by atoms with Crippen LogP contribution >= 0.6 is 11.6 Å². The summed E-state index contributed by atoms with van der Waals surface area (Å²) in [7, 11) is 1.88. The molecule has 3 heteroatoms. The topological polar surface area (TPSA) is 17.8 Å². The normalized spacial score (nSPS) is 9.17. The summed E-state index contributed by atoms with van der Waals surface area (Å²) in [6.07, 6.45) is 5.47. The van der Waals surface area contributed by atoms with Gasteiger partial charge in [-0.15, -0.1) is 11.6 Å². The molecule has 0 bridgehead atoms. The molecule has 0 saturated heterocycles. The smallest absolute Gasteiger partial charge is 0.0646 e. The van der Waals surface area contributed by atoms with Crippen molar-refractivity contribution in [3.63, 3.8) is 0 Å². The zero-order chi connectivity index (χ0) is 8.81. The Morgan fingerprint density at radius 2 is 2.50 bits per heavy atom. The van der Waals surface area contributed by atoms with Crippen LogP contribution in [-0.2, 0) is 7.05 Å².